The third-order valence-electron chi connectivity index (χ3n) is 3.87. The summed E-state index contributed by atoms with van der Waals surface area (Å²) >= 11 is 5.92. The molecule has 3 N–H and O–H groups in total. The fraction of sp³-hybridized carbons (Fsp3) is 0.571. The highest BCUT2D eigenvalue weighted by atomic mass is 35.5. The predicted molar refractivity (Wildman–Crippen MR) is 87.3 cm³/mol. The second kappa shape index (κ2) is 7.70. The van der Waals surface area contributed by atoms with Gasteiger partial charge in [-0.1, -0.05) is 31.5 Å². The number of benzene rings is 1. The topological polar surface area (TPSA) is 75.4 Å². The van der Waals surface area contributed by atoms with Gasteiger partial charge in [0.15, 0.2) is 0 Å². The van der Waals surface area contributed by atoms with Crippen molar-refractivity contribution in [2.24, 2.45) is 5.73 Å². The van der Waals surface area contributed by atoms with Crippen LogP contribution in [0.4, 0.5) is 4.39 Å². The average Bonchev–Trinajstić information content (AvgIpc) is 2.48. The van der Waals surface area contributed by atoms with Crippen LogP contribution in [-0.2, 0) is 16.8 Å². The monoisotopic (exact) mass is 351 g/mol. The van der Waals surface area contributed by atoms with Crippen molar-refractivity contribution in [3.63, 3.8) is 0 Å². The van der Waals surface area contributed by atoms with Gasteiger partial charge < -0.3 is 5.73 Å². The van der Waals surface area contributed by atoms with Crippen molar-refractivity contribution in [1.29, 1.82) is 0 Å². The fourth-order valence-corrected chi connectivity index (χ4v) is 3.05. The number of nitrogens with two attached hydrogens (primary N) is 1. The van der Waals surface area contributed by atoms with E-state index in [0.717, 1.165) is 4.31 Å². The molecule has 5 nitrogen and oxygen atoms in total. The zero-order chi connectivity index (χ0) is 17.0. The summed E-state index contributed by atoms with van der Waals surface area (Å²) in [6, 6.07) is 4.24. The van der Waals surface area contributed by atoms with E-state index >= 15 is 0 Å². The molecule has 1 aromatic carbocycles. The molecule has 0 saturated heterocycles. The summed E-state index contributed by atoms with van der Waals surface area (Å²) in [4.78, 5) is 0. The van der Waals surface area contributed by atoms with Crippen molar-refractivity contribution >= 4 is 21.8 Å². The molecule has 0 aliphatic rings. The van der Waals surface area contributed by atoms with Gasteiger partial charge in [0.25, 0.3) is 10.2 Å². The maximum absolute atomic E-state index is 13.7. The zero-order valence-electron chi connectivity index (χ0n) is 13.1. The lowest BCUT2D eigenvalue weighted by Gasteiger charge is -2.28. The number of hydrogen-bond acceptors (Lipinski definition) is 3. The van der Waals surface area contributed by atoms with Crippen LogP contribution in [0, 0.1) is 5.82 Å². The molecule has 0 unspecified atom stereocenters. The van der Waals surface area contributed by atoms with Gasteiger partial charge in [-0.15, -0.1) is 0 Å². The molecular weight excluding hydrogens is 329 g/mol. The lowest BCUT2D eigenvalue weighted by atomic mass is 9.95. The molecule has 8 heteroatoms. The van der Waals surface area contributed by atoms with E-state index in [0.29, 0.717) is 12.8 Å². The van der Waals surface area contributed by atoms with Crippen LogP contribution in [-0.4, -0.2) is 31.9 Å². The van der Waals surface area contributed by atoms with Crippen molar-refractivity contribution in [1.82, 2.24) is 9.03 Å². The van der Waals surface area contributed by atoms with Crippen LogP contribution in [0.2, 0.25) is 5.02 Å². The first kappa shape index (κ1) is 19.3. The van der Waals surface area contributed by atoms with E-state index in [1.165, 1.54) is 25.2 Å². The minimum atomic E-state index is -3.77. The van der Waals surface area contributed by atoms with Crippen molar-refractivity contribution in [3.8, 4) is 0 Å². The number of nitrogens with one attached hydrogen (secondary N) is 1. The van der Waals surface area contributed by atoms with E-state index in [2.05, 4.69) is 4.72 Å². The van der Waals surface area contributed by atoms with Crippen molar-refractivity contribution in [2.75, 3.05) is 13.6 Å². The number of nitrogens with zero attached hydrogens (tertiary/aromatic N) is 1. The Hall–Kier alpha value is -0.730. The van der Waals surface area contributed by atoms with Gasteiger partial charge in [-0.2, -0.15) is 12.7 Å². The van der Waals surface area contributed by atoms with Gasteiger partial charge in [0.1, 0.15) is 5.82 Å². The first-order valence-corrected chi connectivity index (χ1v) is 8.89. The molecule has 0 heterocycles. The molecule has 22 heavy (non-hydrogen) atoms. The minimum absolute atomic E-state index is 0.123. The summed E-state index contributed by atoms with van der Waals surface area (Å²) in [5, 5.41) is 0.192. The molecule has 0 aromatic heterocycles. The van der Waals surface area contributed by atoms with Crippen molar-refractivity contribution in [3.05, 3.63) is 34.6 Å². The smallest absolute Gasteiger partial charge is 0.279 e. The van der Waals surface area contributed by atoms with Gasteiger partial charge in [0.2, 0.25) is 0 Å². The number of rotatable bonds is 8. The first-order chi connectivity index (χ1) is 10.1. The van der Waals surface area contributed by atoms with Crippen molar-refractivity contribution in [2.45, 2.75) is 38.8 Å². The molecule has 1 rings (SSSR count). The Kier molecular flexibility index (Phi) is 6.76. The molecule has 0 amide bonds. The summed E-state index contributed by atoms with van der Waals surface area (Å²) in [5.74, 6) is -0.537. The highest BCUT2D eigenvalue weighted by Crippen LogP contribution is 2.21. The Bertz CT molecular complexity index is 586. The Labute approximate surface area is 136 Å². The van der Waals surface area contributed by atoms with Gasteiger partial charge in [-0.3, -0.25) is 0 Å². The fourth-order valence-electron chi connectivity index (χ4n) is 1.84. The Morgan fingerprint density at radius 3 is 2.45 bits per heavy atom. The zero-order valence-corrected chi connectivity index (χ0v) is 14.6. The van der Waals surface area contributed by atoms with Crippen LogP contribution in [0.25, 0.3) is 0 Å². The van der Waals surface area contributed by atoms with E-state index in [4.69, 9.17) is 17.3 Å². The van der Waals surface area contributed by atoms with E-state index in [-0.39, 0.29) is 23.7 Å². The highest BCUT2D eigenvalue weighted by molar-refractivity contribution is 7.87. The van der Waals surface area contributed by atoms with Crippen LogP contribution < -0.4 is 10.5 Å². The quantitative estimate of drug-likeness (QED) is 0.754. The molecule has 0 spiro atoms. The molecule has 0 saturated carbocycles. The van der Waals surface area contributed by atoms with Crippen LogP contribution in [0.5, 0.6) is 0 Å². The van der Waals surface area contributed by atoms with E-state index in [1.807, 2.05) is 13.8 Å². The molecule has 0 fully saturated rings. The Balaban J connectivity index is 2.81. The largest absolute Gasteiger partial charge is 0.324 e. The van der Waals surface area contributed by atoms with Gasteiger partial charge in [0, 0.05) is 36.3 Å². The van der Waals surface area contributed by atoms with Gasteiger partial charge in [-0.05, 0) is 25.0 Å². The molecule has 0 aliphatic carbocycles. The summed E-state index contributed by atoms with van der Waals surface area (Å²) in [7, 11) is -2.41. The number of hydrogen-bond donors (Lipinski definition) is 2. The summed E-state index contributed by atoms with van der Waals surface area (Å²) in [5.41, 5.74) is 5.63. The van der Waals surface area contributed by atoms with Crippen LogP contribution in [0.15, 0.2) is 18.2 Å². The SMILES string of the molecule is CCC(N)(CC)CNS(=O)(=O)N(C)Cc1c(F)cccc1Cl. The third kappa shape index (κ3) is 4.89. The highest BCUT2D eigenvalue weighted by Gasteiger charge is 2.26. The normalized spacial score (nSPS) is 12.9. The van der Waals surface area contributed by atoms with Crippen molar-refractivity contribution < 1.29 is 12.8 Å². The lowest BCUT2D eigenvalue weighted by molar-refractivity contribution is 0.380. The van der Waals surface area contributed by atoms with Gasteiger partial charge in [0.05, 0.1) is 0 Å². The summed E-state index contributed by atoms with van der Waals surface area (Å²) in [6.45, 7) is 3.77. The number of halogens is 2. The van der Waals surface area contributed by atoms with Crippen LogP contribution in [0.3, 0.4) is 0 Å². The second-order valence-corrected chi connectivity index (χ2v) is 7.62. The van der Waals surface area contributed by atoms with E-state index in [9.17, 15) is 12.8 Å². The maximum atomic E-state index is 13.7. The molecule has 1 aromatic rings. The van der Waals surface area contributed by atoms with Crippen LogP contribution >= 0.6 is 11.6 Å². The second-order valence-electron chi connectivity index (χ2n) is 5.35. The molecular formula is C14H23ClFN3O2S. The predicted octanol–water partition coefficient (Wildman–Crippen LogP) is 2.26. The summed E-state index contributed by atoms with van der Waals surface area (Å²) in [6.07, 6.45) is 1.30. The average molecular weight is 352 g/mol. The van der Waals surface area contributed by atoms with E-state index in [1.54, 1.807) is 0 Å². The molecule has 0 bridgehead atoms. The minimum Gasteiger partial charge on any atom is -0.324 e. The molecule has 126 valence electrons. The summed E-state index contributed by atoms with van der Waals surface area (Å²) < 4.78 is 41.7. The maximum Gasteiger partial charge on any atom is 0.279 e. The van der Waals surface area contributed by atoms with Crippen LogP contribution in [0.1, 0.15) is 32.3 Å². The molecule has 0 atom stereocenters. The first-order valence-electron chi connectivity index (χ1n) is 7.08. The standard InChI is InChI=1S/C14H23ClFN3O2S/c1-4-14(17,5-2)10-18-22(20,21)19(3)9-11-12(15)7-6-8-13(11)16/h6-8,18H,4-5,9-10,17H2,1-3H3. The Morgan fingerprint density at radius 1 is 1.36 bits per heavy atom. The van der Waals surface area contributed by atoms with Gasteiger partial charge >= 0.3 is 0 Å². The lowest BCUT2D eigenvalue weighted by Crippen LogP contribution is -2.51. The molecule has 0 aliphatic heterocycles. The third-order valence-corrected chi connectivity index (χ3v) is 5.68. The molecule has 0 radical (unpaired) electrons. The van der Waals surface area contributed by atoms with E-state index < -0.39 is 21.6 Å². The van der Waals surface area contributed by atoms with Gasteiger partial charge in [-0.25, -0.2) is 9.11 Å². The Morgan fingerprint density at radius 2 is 1.95 bits per heavy atom.